The summed E-state index contributed by atoms with van der Waals surface area (Å²) in [6, 6.07) is 0. The number of nitrogens with one attached hydrogen (secondary N) is 1. The lowest BCUT2D eigenvalue weighted by Crippen LogP contribution is -2.26. The van der Waals surface area contributed by atoms with E-state index in [2.05, 4.69) is 38.1 Å². The molecule has 0 bridgehead atoms. The van der Waals surface area contributed by atoms with Crippen LogP contribution in [0.15, 0.2) is 0 Å². The summed E-state index contributed by atoms with van der Waals surface area (Å²) in [5.41, 5.74) is 2.20. The van der Waals surface area contributed by atoms with Crippen molar-refractivity contribution < 1.29 is 0 Å². The molecule has 1 unspecified atom stereocenters. The quantitative estimate of drug-likeness (QED) is 0.793. The molecule has 1 aromatic heterocycles. The summed E-state index contributed by atoms with van der Waals surface area (Å²) in [4.78, 5) is 0. The largest absolute Gasteiger partial charge is 0.317 e. The number of nitrogens with zero attached hydrogens (tertiary/aromatic N) is 2. The van der Waals surface area contributed by atoms with Crippen molar-refractivity contribution in [3.63, 3.8) is 0 Å². The molecule has 0 aliphatic rings. The predicted molar refractivity (Wildman–Crippen MR) is 82.8 cm³/mol. The lowest BCUT2D eigenvalue weighted by atomic mass is 9.92. The molecule has 0 spiro atoms. The van der Waals surface area contributed by atoms with Crippen molar-refractivity contribution in [3.8, 4) is 0 Å². The number of halogens is 1. The molecule has 0 aromatic carbocycles. The monoisotopic (exact) mass is 285 g/mol. The zero-order valence-corrected chi connectivity index (χ0v) is 13.7. The summed E-state index contributed by atoms with van der Waals surface area (Å²) in [6.45, 7) is 10.9. The van der Waals surface area contributed by atoms with Crippen LogP contribution in [0.3, 0.4) is 0 Å². The second kappa shape index (κ2) is 7.91. The molecule has 3 nitrogen and oxygen atoms in total. The lowest BCUT2D eigenvalue weighted by Gasteiger charge is -2.19. The van der Waals surface area contributed by atoms with Gasteiger partial charge in [0.2, 0.25) is 0 Å². The molecule has 0 fully saturated rings. The van der Waals surface area contributed by atoms with Crippen LogP contribution in [-0.2, 0) is 19.9 Å². The van der Waals surface area contributed by atoms with Crippen molar-refractivity contribution in [1.29, 1.82) is 0 Å². The molecular weight excluding hydrogens is 258 g/mol. The molecule has 0 saturated carbocycles. The molecule has 1 N–H and O–H groups in total. The van der Waals surface area contributed by atoms with Gasteiger partial charge in [-0.25, -0.2) is 0 Å². The van der Waals surface area contributed by atoms with Gasteiger partial charge in [0.25, 0.3) is 0 Å². The summed E-state index contributed by atoms with van der Waals surface area (Å²) in [5.74, 6) is 1.33. The Morgan fingerprint density at radius 3 is 2.47 bits per heavy atom. The molecule has 1 heterocycles. The summed E-state index contributed by atoms with van der Waals surface area (Å²) in [7, 11) is 2.00. The minimum Gasteiger partial charge on any atom is -0.317 e. The summed E-state index contributed by atoms with van der Waals surface area (Å²) in [5, 5.41) is 8.84. The van der Waals surface area contributed by atoms with E-state index in [9.17, 15) is 0 Å². The van der Waals surface area contributed by atoms with Crippen LogP contribution >= 0.6 is 11.6 Å². The van der Waals surface area contributed by atoms with E-state index >= 15 is 0 Å². The fourth-order valence-electron chi connectivity index (χ4n) is 2.57. The number of hydrogen-bond donors (Lipinski definition) is 1. The van der Waals surface area contributed by atoms with Gasteiger partial charge in [0.05, 0.1) is 16.4 Å². The lowest BCUT2D eigenvalue weighted by molar-refractivity contribution is 0.381. The molecule has 19 heavy (non-hydrogen) atoms. The summed E-state index contributed by atoms with van der Waals surface area (Å²) in [6.07, 6.45) is 3.12. The van der Waals surface area contributed by atoms with Crippen molar-refractivity contribution in [1.82, 2.24) is 15.1 Å². The second-order valence-corrected chi connectivity index (χ2v) is 6.07. The van der Waals surface area contributed by atoms with Gasteiger partial charge in [-0.15, -0.1) is 0 Å². The zero-order chi connectivity index (χ0) is 14.4. The van der Waals surface area contributed by atoms with E-state index in [1.165, 1.54) is 12.1 Å². The SMILES string of the molecule is CCNCC(Cc1c(Cl)c(CC)nn1C)CC(C)C. The number of aryl methyl sites for hydroxylation is 2. The van der Waals surface area contributed by atoms with Crippen LogP contribution in [0.5, 0.6) is 0 Å². The highest BCUT2D eigenvalue weighted by atomic mass is 35.5. The molecule has 0 amide bonds. The number of rotatable bonds is 8. The molecular formula is C15H28ClN3. The Balaban J connectivity index is 2.79. The van der Waals surface area contributed by atoms with E-state index in [1.54, 1.807) is 0 Å². The Morgan fingerprint density at radius 1 is 1.32 bits per heavy atom. The van der Waals surface area contributed by atoms with E-state index < -0.39 is 0 Å². The average molecular weight is 286 g/mol. The highest BCUT2D eigenvalue weighted by Crippen LogP contribution is 2.25. The van der Waals surface area contributed by atoms with Crippen LogP contribution in [0.1, 0.15) is 45.5 Å². The van der Waals surface area contributed by atoms with Crippen molar-refractivity contribution in [2.75, 3.05) is 13.1 Å². The molecule has 0 radical (unpaired) electrons. The van der Waals surface area contributed by atoms with Crippen LogP contribution in [0.2, 0.25) is 5.02 Å². The fraction of sp³-hybridized carbons (Fsp3) is 0.800. The third-order valence-electron chi connectivity index (χ3n) is 3.47. The maximum Gasteiger partial charge on any atom is 0.0849 e. The Labute approximate surface area is 122 Å². The summed E-state index contributed by atoms with van der Waals surface area (Å²) >= 11 is 6.44. The van der Waals surface area contributed by atoms with Gasteiger partial charge in [0.15, 0.2) is 0 Å². The first kappa shape index (κ1) is 16.5. The van der Waals surface area contributed by atoms with Crippen LogP contribution < -0.4 is 5.32 Å². The van der Waals surface area contributed by atoms with Gasteiger partial charge in [-0.1, -0.05) is 39.3 Å². The van der Waals surface area contributed by atoms with E-state index in [1.807, 2.05) is 11.7 Å². The van der Waals surface area contributed by atoms with E-state index in [0.29, 0.717) is 11.8 Å². The molecule has 0 saturated heterocycles. The van der Waals surface area contributed by atoms with Crippen molar-refractivity contribution in [3.05, 3.63) is 16.4 Å². The van der Waals surface area contributed by atoms with Crippen LogP contribution in [0.25, 0.3) is 0 Å². The smallest absolute Gasteiger partial charge is 0.0849 e. The average Bonchev–Trinajstić information content (AvgIpc) is 2.62. The van der Waals surface area contributed by atoms with Gasteiger partial charge in [-0.2, -0.15) is 5.10 Å². The minimum absolute atomic E-state index is 0.623. The van der Waals surface area contributed by atoms with Gasteiger partial charge in [-0.3, -0.25) is 4.68 Å². The zero-order valence-electron chi connectivity index (χ0n) is 13.0. The van der Waals surface area contributed by atoms with Crippen LogP contribution in [0, 0.1) is 11.8 Å². The molecule has 110 valence electrons. The Kier molecular flexibility index (Phi) is 6.87. The van der Waals surface area contributed by atoms with Gasteiger partial charge in [-0.05, 0) is 44.2 Å². The Bertz CT molecular complexity index is 385. The van der Waals surface area contributed by atoms with Gasteiger partial charge in [0, 0.05) is 7.05 Å². The van der Waals surface area contributed by atoms with Crippen molar-refractivity contribution >= 4 is 11.6 Å². The Morgan fingerprint density at radius 2 is 2.00 bits per heavy atom. The number of hydrogen-bond acceptors (Lipinski definition) is 2. The summed E-state index contributed by atoms with van der Waals surface area (Å²) < 4.78 is 1.96. The minimum atomic E-state index is 0.623. The molecule has 0 aliphatic carbocycles. The van der Waals surface area contributed by atoms with Gasteiger partial charge >= 0.3 is 0 Å². The maximum absolute atomic E-state index is 6.44. The van der Waals surface area contributed by atoms with Crippen LogP contribution in [-0.4, -0.2) is 22.9 Å². The molecule has 1 atom stereocenters. The van der Waals surface area contributed by atoms with E-state index in [-0.39, 0.29) is 0 Å². The maximum atomic E-state index is 6.44. The predicted octanol–water partition coefficient (Wildman–Crippen LogP) is 3.45. The fourth-order valence-corrected chi connectivity index (χ4v) is 2.94. The first-order chi connectivity index (χ1) is 8.99. The highest BCUT2D eigenvalue weighted by Gasteiger charge is 2.18. The molecule has 1 rings (SSSR count). The van der Waals surface area contributed by atoms with Crippen LogP contribution in [0.4, 0.5) is 0 Å². The topological polar surface area (TPSA) is 29.9 Å². The second-order valence-electron chi connectivity index (χ2n) is 5.69. The van der Waals surface area contributed by atoms with Crippen molar-refractivity contribution in [2.24, 2.45) is 18.9 Å². The Hall–Kier alpha value is -0.540. The number of aromatic nitrogens is 2. The third-order valence-corrected chi connectivity index (χ3v) is 3.91. The van der Waals surface area contributed by atoms with E-state index in [0.717, 1.165) is 36.6 Å². The molecule has 1 aromatic rings. The molecule has 0 aliphatic heterocycles. The van der Waals surface area contributed by atoms with Gasteiger partial charge < -0.3 is 5.32 Å². The standard InChI is InChI=1S/C15H28ClN3/c1-6-13-15(16)14(19(5)18-13)9-12(8-11(3)4)10-17-7-2/h11-12,17H,6-10H2,1-5H3. The van der Waals surface area contributed by atoms with E-state index in [4.69, 9.17) is 11.6 Å². The molecule has 4 heteroatoms. The first-order valence-electron chi connectivity index (χ1n) is 7.40. The third kappa shape index (κ3) is 4.81. The van der Waals surface area contributed by atoms with Gasteiger partial charge in [0.1, 0.15) is 0 Å². The first-order valence-corrected chi connectivity index (χ1v) is 7.78. The normalized spacial score (nSPS) is 13.2. The van der Waals surface area contributed by atoms with Crippen molar-refractivity contribution in [2.45, 2.75) is 47.0 Å². The highest BCUT2D eigenvalue weighted by molar-refractivity contribution is 6.31.